The molecule has 1 heterocycles. The quantitative estimate of drug-likeness (QED) is 0.859. The zero-order valence-electron chi connectivity index (χ0n) is 10.6. The van der Waals surface area contributed by atoms with Gasteiger partial charge in [0, 0.05) is 37.2 Å². The molecule has 0 N–H and O–H groups in total. The van der Waals surface area contributed by atoms with Gasteiger partial charge < -0.3 is 9.64 Å². The number of hydrogen-bond acceptors (Lipinski definition) is 2. The minimum atomic E-state index is 0.131. The van der Waals surface area contributed by atoms with E-state index in [2.05, 4.69) is 15.9 Å². The molecule has 0 bridgehead atoms. The van der Waals surface area contributed by atoms with Crippen LogP contribution in [0.5, 0.6) is 0 Å². The van der Waals surface area contributed by atoms with E-state index >= 15 is 0 Å². The highest BCUT2D eigenvalue weighted by atomic mass is 79.9. The number of carbonyl (C=O) groups excluding carboxylic acids is 1. The third kappa shape index (κ3) is 3.33. The number of ether oxygens (including phenoxy) is 1. The average molecular weight is 312 g/mol. The Balaban J connectivity index is 1.96. The van der Waals surface area contributed by atoms with Gasteiger partial charge in [0.25, 0.3) is 0 Å². The van der Waals surface area contributed by atoms with Crippen molar-refractivity contribution in [3.05, 3.63) is 34.3 Å². The Labute approximate surface area is 116 Å². The molecule has 4 heteroatoms. The first-order chi connectivity index (χ1) is 8.68. The van der Waals surface area contributed by atoms with Crippen LogP contribution in [0.1, 0.15) is 18.4 Å². The lowest BCUT2D eigenvalue weighted by atomic mass is 9.98. The Hall–Kier alpha value is -0.870. The largest absolute Gasteiger partial charge is 0.381 e. The lowest BCUT2D eigenvalue weighted by Gasteiger charge is -2.26. The summed E-state index contributed by atoms with van der Waals surface area (Å²) in [5.74, 6) is 0.361. The smallest absolute Gasteiger partial charge is 0.225 e. The van der Waals surface area contributed by atoms with Crippen molar-refractivity contribution < 1.29 is 9.53 Å². The fourth-order valence-electron chi connectivity index (χ4n) is 2.22. The van der Waals surface area contributed by atoms with E-state index in [-0.39, 0.29) is 11.8 Å². The topological polar surface area (TPSA) is 29.5 Å². The molecule has 1 saturated heterocycles. The summed E-state index contributed by atoms with van der Waals surface area (Å²) in [6.07, 6.45) is 1.69. The van der Waals surface area contributed by atoms with Gasteiger partial charge in [0.05, 0.1) is 0 Å². The molecule has 0 aliphatic carbocycles. The molecule has 1 amide bonds. The molecule has 0 spiro atoms. The number of amides is 1. The van der Waals surface area contributed by atoms with Gasteiger partial charge in [-0.25, -0.2) is 0 Å². The van der Waals surface area contributed by atoms with Crippen molar-refractivity contribution in [1.29, 1.82) is 0 Å². The van der Waals surface area contributed by atoms with E-state index in [1.807, 2.05) is 36.2 Å². The molecule has 0 aromatic heterocycles. The van der Waals surface area contributed by atoms with Crippen molar-refractivity contribution in [1.82, 2.24) is 4.90 Å². The molecule has 1 fully saturated rings. The van der Waals surface area contributed by atoms with E-state index in [0.29, 0.717) is 19.8 Å². The zero-order valence-corrected chi connectivity index (χ0v) is 12.1. The molecule has 0 radical (unpaired) electrons. The molecule has 1 aromatic rings. The Kier molecular flexibility index (Phi) is 4.78. The second kappa shape index (κ2) is 6.34. The lowest BCUT2D eigenvalue weighted by molar-refractivity contribution is -0.137. The van der Waals surface area contributed by atoms with E-state index in [9.17, 15) is 4.79 Å². The summed E-state index contributed by atoms with van der Waals surface area (Å²) >= 11 is 3.51. The molecule has 3 nitrogen and oxygen atoms in total. The maximum atomic E-state index is 12.3. The third-order valence-corrected chi connectivity index (χ3v) is 4.09. The summed E-state index contributed by atoms with van der Waals surface area (Å²) in [5.41, 5.74) is 1.14. The van der Waals surface area contributed by atoms with Crippen LogP contribution < -0.4 is 0 Å². The number of rotatable bonds is 3. The summed E-state index contributed by atoms with van der Waals surface area (Å²) in [7, 11) is 1.87. The van der Waals surface area contributed by atoms with Crippen molar-refractivity contribution in [3.63, 3.8) is 0 Å². The van der Waals surface area contributed by atoms with Crippen molar-refractivity contribution in [3.8, 4) is 0 Å². The zero-order chi connectivity index (χ0) is 13.0. The first-order valence-corrected chi connectivity index (χ1v) is 7.04. The highest BCUT2D eigenvalue weighted by Gasteiger charge is 2.24. The Morgan fingerprint density at radius 3 is 2.72 bits per heavy atom. The van der Waals surface area contributed by atoms with Gasteiger partial charge in [0.1, 0.15) is 0 Å². The molecule has 0 saturated carbocycles. The fraction of sp³-hybridized carbons (Fsp3) is 0.500. The van der Waals surface area contributed by atoms with Gasteiger partial charge in [-0.3, -0.25) is 4.79 Å². The van der Waals surface area contributed by atoms with E-state index in [1.165, 1.54) is 0 Å². The van der Waals surface area contributed by atoms with E-state index in [0.717, 1.165) is 22.9 Å². The number of benzene rings is 1. The standard InChI is InChI=1S/C14H18BrNO2/c1-16(10-12-4-2-3-5-13(12)15)14(17)11-6-8-18-9-7-11/h2-5,11H,6-10H2,1H3. The maximum Gasteiger partial charge on any atom is 0.225 e. The summed E-state index contributed by atoms with van der Waals surface area (Å²) in [4.78, 5) is 14.1. The van der Waals surface area contributed by atoms with Gasteiger partial charge in [-0.1, -0.05) is 34.1 Å². The predicted octanol–water partition coefficient (Wildman–Crippen LogP) is 2.83. The summed E-state index contributed by atoms with van der Waals surface area (Å²) < 4.78 is 6.34. The molecule has 1 aliphatic heterocycles. The second-order valence-corrected chi connectivity index (χ2v) is 5.53. The van der Waals surface area contributed by atoms with Crippen LogP contribution in [0.3, 0.4) is 0 Å². The molecule has 1 aromatic carbocycles. The van der Waals surface area contributed by atoms with E-state index in [1.54, 1.807) is 0 Å². The van der Waals surface area contributed by atoms with Crippen LogP contribution in [0.2, 0.25) is 0 Å². The SMILES string of the molecule is CN(Cc1ccccc1Br)C(=O)C1CCOCC1. The second-order valence-electron chi connectivity index (χ2n) is 4.67. The molecular formula is C14H18BrNO2. The molecule has 2 rings (SSSR count). The molecular weight excluding hydrogens is 294 g/mol. The summed E-state index contributed by atoms with van der Waals surface area (Å²) in [5, 5.41) is 0. The van der Waals surface area contributed by atoms with Crippen LogP contribution >= 0.6 is 15.9 Å². The van der Waals surface area contributed by atoms with Crippen molar-refractivity contribution in [2.75, 3.05) is 20.3 Å². The predicted molar refractivity (Wildman–Crippen MR) is 74.2 cm³/mol. The van der Waals surface area contributed by atoms with Gasteiger partial charge in [-0.05, 0) is 24.5 Å². The van der Waals surface area contributed by atoms with Gasteiger partial charge in [0.15, 0.2) is 0 Å². The highest BCUT2D eigenvalue weighted by molar-refractivity contribution is 9.10. The van der Waals surface area contributed by atoms with E-state index < -0.39 is 0 Å². The molecule has 0 unspecified atom stereocenters. The molecule has 1 aliphatic rings. The van der Waals surface area contributed by atoms with Gasteiger partial charge in [-0.15, -0.1) is 0 Å². The minimum Gasteiger partial charge on any atom is -0.381 e. The van der Waals surface area contributed by atoms with Gasteiger partial charge in [-0.2, -0.15) is 0 Å². The Bertz CT molecular complexity index is 416. The van der Waals surface area contributed by atoms with Crippen LogP contribution in [0, 0.1) is 5.92 Å². The van der Waals surface area contributed by atoms with Crippen LogP contribution in [-0.2, 0) is 16.1 Å². The number of halogens is 1. The molecule has 18 heavy (non-hydrogen) atoms. The van der Waals surface area contributed by atoms with Crippen LogP contribution in [0.15, 0.2) is 28.7 Å². The lowest BCUT2D eigenvalue weighted by Crippen LogP contribution is -2.35. The minimum absolute atomic E-state index is 0.131. The van der Waals surface area contributed by atoms with E-state index in [4.69, 9.17) is 4.74 Å². The van der Waals surface area contributed by atoms with Crippen molar-refractivity contribution >= 4 is 21.8 Å². The van der Waals surface area contributed by atoms with Gasteiger partial charge >= 0.3 is 0 Å². The van der Waals surface area contributed by atoms with Gasteiger partial charge in [0.2, 0.25) is 5.91 Å². The maximum absolute atomic E-state index is 12.3. The van der Waals surface area contributed by atoms with Crippen molar-refractivity contribution in [2.45, 2.75) is 19.4 Å². The number of hydrogen-bond donors (Lipinski definition) is 0. The Morgan fingerprint density at radius 2 is 2.06 bits per heavy atom. The molecule has 98 valence electrons. The molecule has 0 atom stereocenters. The fourth-order valence-corrected chi connectivity index (χ4v) is 2.63. The highest BCUT2D eigenvalue weighted by Crippen LogP contribution is 2.21. The summed E-state index contributed by atoms with van der Waals surface area (Å²) in [6, 6.07) is 8.01. The van der Waals surface area contributed by atoms with Crippen molar-refractivity contribution in [2.24, 2.45) is 5.92 Å². The first-order valence-electron chi connectivity index (χ1n) is 6.24. The van der Waals surface area contributed by atoms with Crippen LogP contribution in [0.25, 0.3) is 0 Å². The third-order valence-electron chi connectivity index (χ3n) is 3.31. The van der Waals surface area contributed by atoms with Crippen LogP contribution in [0.4, 0.5) is 0 Å². The first kappa shape index (κ1) is 13.6. The Morgan fingerprint density at radius 1 is 1.39 bits per heavy atom. The van der Waals surface area contributed by atoms with Crippen LogP contribution in [-0.4, -0.2) is 31.1 Å². The average Bonchev–Trinajstić information content (AvgIpc) is 2.41. The normalized spacial score (nSPS) is 16.6. The number of nitrogens with zero attached hydrogens (tertiary/aromatic N) is 1. The summed E-state index contributed by atoms with van der Waals surface area (Å²) in [6.45, 7) is 2.07. The number of carbonyl (C=O) groups is 1. The monoisotopic (exact) mass is 311 g/mol.